The van der Waals surface area contributed by atoms with Gasteiger partial charge in [0, 0.05) is 17.5 Å². The van der Waals surface area contributed by atoms with Crippen molar-refractivity contribution in [1.82, 2.24) is 10.3 Å². The molecule has 0 saturated heterocycles. The van der Waals surface area contributed by atoms with E-state index in [2.05, 4.69) is 17.2 Å². The van der Waals surface area contributed by atoms with Crippen molar-refractivity contribution in [3.8, 4) is 0 Å². The quantitative estimate of drug-likeness (QED) is 0.884. The molecule has 0 amide bonds. The zero-order valence-electron chi connectivity index (χ0n) is 11.6. The fourth-order valence-electron chi connectivity index (χ4n) is 2.69. The minimum Gasteiger partial charge on any atom is -0.313 e. The Balaban J connectivity index is 2.06. The first-order chi connectivity index (χ1) is 9.31. The highest BCUT2D eigenvalue weighted by atomic mass is 35.5. The Morgan fingerprint density at radius 2 is 2.11 bits per heavy atom. The summed E-state index contributed by atoms with van der Waals surface area (Å²) in [5.41, 5.74) is 0. The van der Waals surface area contributed by atoms with Gasteiger partial charge in [-0.15, -0.1) is 0 Å². The molecule has 4 heteroatoms. The van der Waals surface area contributed by atoms with Crippen LogP contribution >= 0.6 is 23.4 Å². The van der Waals surface area contributed by atoms with Gasteiger partial charge in [-0.2, -0.15) is 0 Å². The lowest BCUT2D eigenvalue weighted by Gasteiger charge is -2.29. The van der Waals surface area contributed by atoms with Crippen LogP contribution in [0.1, 0.15) is 45.4 Å². The molecule has 2 atom stereocenters. The van der Waals surface area contributed by atoms with Crippen LogP contribution in [0.3, 0.4) is 0 Å². The molecule has 0 radical (unpaired) electrons. The number of nitrogens with zero attached hydrogens (tertiary/aromatic N) is 1. The normalized spacial score (nSPS) is 24.7. The topological polar surface area (TPSA) is 24.9 Å². The summed E-state index contributed by atoms with van der Waals surface area (Å²) in [7, 11) is 0. The first-order valence-corrected chi connectivity index (χ1v) is 8.57. The van der Waals surface area contributed by atoms with Crippen molar-refractivity contribution < 1.29 is 0 Å². The van der Waals surface area contributed by atoms with Crippen LogP contribution < -0.4 is 5.32 Å². The van der Waals surface area contributed by atoms with E-state index in [1.165, 1.54) is 38.5 Å². The minimum absolute atomic E-state index is 0.590. The van der Waals surface area contributed by atoms with E-state index >= 15 is 0 Å². The third-order valence-electron chi connectivity index (χ3n) is 3.66. The molecule has 0 aromatic carbocycles. The van der Waals surface area contributed by atoms with Gasteiger partial charge < -0.3 is 5.32 Å². The average Bonchev–Trinajstić information content (AvgIpc) is 2.39. The zero-order chi connectivity index (χ0) is 13.5. The second-order valence-corrected chi connectivity index (χ2v) is 6.74. The highest BCUT2D eigenvalue weighted by molar-refractivity contribution is 8.00. The number of nitrogens with one attached hydrogen (secondary N) is 1. The van der Waals surface area contributed by atoms with Crippen LogP contribution in [0.5, 0.6) is 0 Å². The Bertz CT molecular complexity index is 386. The van der Waals surface area contributed by atoms with Crippen molar-refractivity contribution in [2.75, 3.05) is 6.54 Å². The summed E-state index contributed by atoms with van der Waals surface area (Å²) in [6, 6.07) is 4.42. The lowest BCUT2D eigenvalue weighted by atomic mass is 9.96. The molecule has 1 aromatic rings. The van der Waals surface area contributed by atoms with Gasteiger partial charge in [0.1, 0.15) is 5.03 Å². The number of halogens is 1. The standard InChI is InChI=1S/C15H23ClN2S/c1-2-17-13-9-5-3-4-6-10-14(13)19-15-12(16)8-7-11-18-15/h7-8,11,13-14,17H,2-6,9-10H2,1H3. The smallest absolute Gasteiger partial charge is 0.115 e. The van der Waals surface area contributed by atoms with E-state index in [4.69, 9.17) is 11.6 Å². The van der Waals surface area contributed by atoms with Crippen LogP contribution in [0.4, 0.5) is 0 Å². The summed E-state index contributed by atoms with van der Waals surface area (Å²) in [6.45, 7) is 3.23. The fraction of sp³-hybridized carbons (Fsp3) is 0.667. The van der Waals surface area contributed by atoms with Crippen molar-refractivity contribution in [2.24, 2.45) is 0 Å². The molecule has 1 fully saturated rings. The molecule has 106 valence electrons. The van der Waals surface area contributed by atoms with E-state index < -0.39 is 0 Å². The number of aromatic nitrogens is 1. The minimum atomic E-state index is 0.590. The van der Waals surface area contributed by atoms with E-state index in [0.717, 1.165) is 16.6 Å². The zero-order valence-corrected chi connectivity index (χ0v) is 13.1. The Kier molecular flexibility index (Phi) is 6.48. The number of hydrogen-bond donors (Lipinski definition) is 1. The number of thioether (sulfide) groups is 1. The van der Waals surface area contributed by atoms with Crippen molar-refractivity contribution in [3.63, 3.8) is 0 Å². The van der Waals surface area contributed by atoms with Crippen molar-refractivity contribution in [2.45, 2.75) is 61.8 Å². The molecular formula is C15H23ClN2S. The lowest BCUT2D eigenvalue weighted by Crippen LogP contribution is -2.38. The predicted molar refractivity (Wildman–Crippen MR) is 84.1 cm³/mol. The van der Waals surface area contributed by atoms with E-state index in [-0.39, 0.29) is 0 Å². The van der Waals surface area contributed by atoms with Crippen LogP contribution in [0.2, 0.25) is 5.02 Å². The highest BCUT2D eigenvalue weighted by Crippen LogP contribution is 2.34. The first kappa shape index (κ1) is 15.1. The van der Waals surface area contributed by atoms with Crippen LogP contribution in [-0.4, -0.2) is 22.8 Å². The van der Waals surface area contributed by atoms with Crippen LogP contribution in [0, 0.1) is 0 Å². The van der Waals surface area contributed by atoms with Gasteiger partial charge in [0.05, 0.1) is 5.02 Å². The molecule has 0 aliphatic heterocycles. The summed E-state index contributed by atoms with van der Waals surface area (Å²) in [6.07, 6.45) is 9.77. The third kappa shape index (κ3) is 4.66. The molecule has 2 unspecified atom stereocenters. The van der Waals surface area contributed by atoms with Gasteiger partial charge in [-0.3, -0.25) is 0 Å². The van der Waals surface area contributed by atoms with Gasteiger partial charge in [-0.05, 0) is 31.5 Å². The van der Waals surface area contributed by atoms with Crippen molar-refractivity contribution in [1.29, 1.82) is 0 Å². The largest absolute Gasteiger partial charge is 0.313 e. The molecule has 1 aromatic heterocycles. The molecule has 0 bridgehead atoms. The number of pyridine rings is 1. The fourth-order valence-corrected chi connectivity index (χ4v) is 4.21. The van der Waals surface area contributed by atoms with E-state index in [1.54, 1.807) is 0 Å². The maximum Gasteiger partial charge on any atom is 0.115 e. The van der Waals surface area contributed by atoms with Gasteiger partial charge in [-0.25, -0.2) is 4.98 Å². The van der Waals surface area contributed by atoms with Crippen LogP contribution in [0.15, 0.2) is 23.4 Å². The number of hydrogen-bond acceptors (Lipinski definition) is 3. The summed E-state index contributed by atoms with van der Waals surface area (Å²) in [5, 5.41) is 6.01. The Morgan fingerprint density at radius 3 is 2.84 bits per heavy atom. The molecule has 1 saturated carbocycles. The molecule has 1 N–H and O–H groups in total. The number of rotatable bonds is 4. The molecular weight excluding hydrogens is 276 g/mol. The third-order valence-corrected chi connectivity index (χ3v) is 5.49. The molecule has 1 aliphatic carbocycles. The van der Waals surface area contributed by atoms with Gasteiger partial charge in [0.15, 0.2) is 0 Å². The van der Waals surface area contributed by atoms with Gasteiger partial charge >= 0.3 is 0 Å². The Morgan fingerprint density at radius 1 is 1.32 bits per heavy atom. The predicted octanol–water partition coefficient (Wildman–Crippen LogP) is 4.53. The van der Waals surface area contributed by atoms with E-state index in [9.17, 15) is 0 Å². The Hall–Kier alpha value is -0.250. The lowest BCUT2D eigenvalue weighted by molar-refractivity contribution is 0.406. The second kappa shape index (κ2) is 8.13. The maximum absolute atomic E-state index is 6.24. The molecule has 0 spiro atoms. The van der Waals surface area contributed by atoms with Crippen LogP contribution in [-0.2, 0) is 0 Å². The first-order valence-electron chi connectivity index (χ1n) is 7.32. The van der Waals surface area contributed by atoms with Crippen molar-refractivity contribution >= 4 is 23.4 Å². The maximum atomic E-state index is 6.24. The van der Waals surface area contributed by atoms with Crippen LogP contribution in [0.25, 0.3) is 0 Å². The van der Waals surface area contributed by atoms with Gasteiger partial charge in [0.2, 0.25) is 0 Å². The monoisotopic (exact) mass is 298 g/mol. The highest BCUT2D eigenvalue weighted by Gasteiger charge is 2.24. The van der Waals surface area contributed by atoms with E-state index in [0.29, 0.717) is 11.3 Å². The summed E-state index contributed by atoms with van der Waals surface area (Å²) < 4.78 is 0. The molecule has 1 heterocycles. The second-order valence-electron chi connectivity index (χ2n) is 5.10. The Labute approximate surface area is 125 Å². The van der Waals surface area contributed by atoms with Gasteiger partial charge in [0.25, 0.3) is 0 Å². The summed E-state index contributed by atoms with van der Waals surface area (Å²) in [4.78, 5) is 4.42. The molecule has 19 heavy (non-hydrogen) atoms. The molecule has 2 nitrogen and oxygen atoms in total. The molecule has 2 rings (SSSR count). The van der Waals surface area contributed by atoms with Crippen molar-refractivity contribution in [3.05, 3.63) is 23.4 Å². The van der Waals surface area contributed by atoms with E-state index in [1.807, 2.05) is 30.1 Å². The van der Waals surface area contributed by atoms with Gasteiger partial charge in [-0.1, -0.05) is 56.0 Å². The average molecular weight is 299 g/mol. The summed E-state index contributed by atoms with van der Waals surface area (Å²) >= 11 is 8.09. The molecule has 1 aliphatic rings. The summed E-state index contributed by atoms with van der Waals surface area (Å²) in [5.74, 6) is 0. The SMILES string of the molecule is CCNC1CCCCCCC1Sc1ncccc1Cl.